The summed E-state index contributed by atoms with van der Waals surface area (Å²) in [4.78, 5) is 21.9. The molecule has 1 amide bonds. The molecule has 98 valence electrons. The summed E-state index contributed by atoms with van der Waals surface area (Å²) in [6.45, 7) is 3.34. The Morgan fingerprint density at radius 3 is 2.67 bits per heavy atom. The largest absolute Gasteiger partial charge is 0.481 e. The second kappa shape index (κ2) is 6.14. The van der Waals surface area contributed by atoms with Gasteiger partial charge in [-0.3, -0.25) is 9.59 Å². The van der Waals surface area contributed by atoms with Crippen LogP contribution in [0.1, 0.15) is 18.1 Å². The van der Waals surface area contributed by atoms with Gasteiger partial charge in [0.25, 0.3) is 0 Å². The summed E-state index contributed by atoms with van der Waals surface area (Å²) >= 11 is 0. The standard InChI is InChI=1S/C13H16FNO3/c1-8-7-10(3-4-11(8)14)5-6-15-12(16)9(2)13(17)18/h3-4,7,9H,5-6H2,1-2H3,(H,15,16)(H,17,18). The molecule has 0 aliphatic carbocycles. The first kappa shape index (κ1) is 14.2. The van der Waals surface area contributed by atoms with Gasteiger partial charge in [0.15, 0.2) is 0 Å². The number of nitrogens with one attached hydrogen (secondary N) is 1. The maximum absolute atomic E-state index is 13.0. The maximum Gasteiger partial charge on any atom is 0.315 e. The lowest BCUT2D eigenvalue weighted by Gasteiger charge is -2.08. The molecule has 1 unspecified atom stereocenters. The number of carboxylic acid groups (broad SMARTS) is 1. The lowest BCUT2D eigenvalue weighted by atomic mass is 10.1. The maximum atomic E-state index is 13.0. The first-order chi connectivity index (χ1) is 8.41. The topological polar surface area (TPSA) is 66.4 Å². The molecule has 0 saturated heterocycles. The van der Waals surface area contributed by atoms with Crippen molar-refractivity contribution in [2.45, 2.75) is 20.3 Å². The zero-order chi connectivity index (χ0) is 13.7. The number of hydrogen-bond donors (Lipinski definition) is 2. The summed E-state index contributed by atoms with van der Waals surface area (Å²) in [5.74, 6) is -2.98. The molecular weight excluding hydrogens is 237 g/mol. The third-order valence-corrected chi connectivity index (χ3v) is 2.70. The van der Waals surface area contributed by atoms with Gasteiger partial charge in [0, 0.05) is 6.54 Å². The van der Waals surface area contributed by atoms with Crippen molar-refractivity contribution < 1.29 is 19.1 Å². The number of carbonyl (C=O) groups is 2. The molecule has 1 rings (SSSR count). The molecule has 0 bridgehead atoms. The van der Waals surface area contributed by atoms with Crippen LogP contribution in [0, 0.1) is 18.7 Å². The summed E-state index contributed by atoms with van der Waals surface area (Å²) in [5.41, 5.74) is 1.45. The fraction of sp³-hybridized carbons (Fsp3) is 0.385. The Morgan fingerprint density at radius 2 is 2.11 bits per heavy atom. The average molecular weight is 253 g/mol. The summed E-state index contributed by atoms with van der Waals surface area (Å²) in [6, 6.07) is 4.74. The number of rotatable bonds is 5. The number of halogens is 1. The smallest absolute Gasteiger partial charge is 0.315 e. The highest BCUT2D eigenvalue weighted by atomic mass is 19.1. The molecule has 5 heteroatoms. The van der Waals surface area contributed by atoms with Crippen molar-refractivity contribution in [2.75, 3.05) is 6.54 Å². The van der Waals surface area contributed by atoms with Gasteiger partial charge in [-0.15, -0.1) is 0 Å². The lowest BCUT2D eigenvalue weighted by molar-refractivity contribution is -0.146. The Hall–Kier alpha value is -1.91. The molecule has 0 fully saturated rings. The van der Waals surface area contributed by atoms with Crippen molar-refractivity contribution in [1.29, 1.82) is 0 Å². The molecule has 4 nitrogen and oxygen atoms in total. The van der Waals surface area contributed by atoms with Crippen LogP contribution >= 0.6 is 0 Å². The van der Waals surface area contributed by atoms with Gasteiger partial charge in [-0.2, -0.15) is 0 Å². The van der Waals surface area contributed by atoms with E-state index in [4.69, 9.17) is 5.11 Å². The molecule has 0 aliphatic rings. The fourth-order valence-electron chi connectivity index (χ4n) is 1.46. The summed E-state index contributed by atoms with van der Waals surface area (Å²) < 4.78 is 13.0. The number of amides is 1. The normalized spacial score (nSPS) is 11.9. The monoisotopic (exact) mass is 253 g/mol. The van der Waals surface area contributed by atoms with Crippen molar-refractivity contribution >= 4 is 11.9 Å². The number of carboxylic acids is 1. The van der Waals surface area contributed by atoms with E-state index in [-0.39, 0.29) is 5.82 Å². The minimum absolute atomic E-state index is 0.262. The Bertz CT molecular complexity index is 460. The van der Waals surface area contributed by atoms with Crippen molar-refractivity contribution in [3.63, 3.8) is 0 Å². The van der Waals surface area contributed by atoms with Crippen LogP contribution in [-0.4, -0.2) is 23.5 Å². The Labute approximate surface area is 105 Å². The van der Waals surface area contributed by atoms with E-state index in [2.05, 4.69) is 5.32 Å². The van der Waals surface area contributed by atoms with Crippen LogP contribution in [0.4, 0.5) is 4.39 Å². The van der Waals surface area contributed by atoms with E-state index in [0.29, 0.717) is 18.5 Å². The molecule has 2 N–H and O–H groups in total. The lowest BCUT2D eigenvalue weighted by Crippen LogP contribution is -2.34. The van der Waals surface area contributed by atoms with E-state index in [9.17, 15) is 14.0 Å². The van der Waals surface area contributed by atoms with Gasteiger partial charge in [0.05, 0.1) is 0 Å². The molecule has 0 radical (unpaired) electrons. The fourth-order valence-corrected chi connectivity index (χ4v) is 1.46. The van der Waals surface area contributed by atoms with E-state index in [1.807, 2.05) is 0 Å². The number of carbonyl (C=O) groups excluding carboxylic acids is 1. The van der Waals surface area contributed by atoms with E-state index >= 15 is 0 Å². The highest BCUT2D eigenvalue weighted by molar-refractivity contribution is 5.96. The summed E-state index contributed by atoms with van der Waals surface area (Å²) in [6.07, 6.45) is 0.541. The van der Waals surface area contributed by atoms with Crippen LogP contribution < -0.4 is 5.32 Å². The molecule has 0 aliphatic heterocycles. The second-order valence-electron chi connectivity index (χ2n) is 4.18. The predicted molar refractivity (Wildman–Crippen MR) is 64.7 cm³/mol. The van der Waals surface area contributed by atoms with Crippen LogP contribution in [0.15, 0.2) is 18.2 Å². The first-order valence-electron chi connectivity index (χ1n) is 5.67. The van der Waals surface area contributed by atoms with Gasteiger partial charge >= 0.3 is 5.97 Å². The molecule has 0 spiro atoms. The van der Waals surface area contributed by atoms with E-state index in [0.717, 1.165) is 5.56 Å². The molecule has 1 atom stereocenters. The highest BCUT2D eigenvalue weighted by Crippen LogP contribution is 2.09. The SMILES string of the molecule is Cc1cc(CCNC(=O)C(C)C(=O)O)ccc1F. The second-order valence-corrected chi connectivity index (χ2v) is 4.18. The quantitative estimate of drug-likeness (QED) is 0.782. The van der Waals surface area contributed by atoms with Crippen molar-refractivity contribution in [3.05, 3.63) is 35.1 Å². The Balaban J connectivity index is 2.44. The zero-order valence-electron chi connectivity index (χ0n) is 10.4. The molecule has 1 aromatic rings. The molecule has 0 saturated carbocycles. The van der Waals surface area contributed by atoms with Crippen LogP contribution in [0.3, 0.4) is 0 Å². The highest BCUT2D eigenvalue weighted by Gasteiger charge is 2.19. The molecule has 1 aromatic carbocycles. The Morgan fingerprint density at radius 1 is 1.44 bits per heavy atom. The van der Waals surface area contributed by atoms with Gasteiger partial charge in [0.2, 0.25) is 5.91 Å². The van der Waals surface area contributed by atoms with Gasteiger partial charge in [-0.25, -0.2) is 4.39 Å². The van der Waals surface area contributed by atoms with Crippen LogP contribution in [0.5, 0.6) is 0 Å². The van der Waals surface area contributed by atoms with Crippen LogP contribution in [0.2, 0.25) is 0 Å². The van der Waals surface area contributed by atoms with Crippen molar-refractivity contribution in [3.8, 4) is 0 Å². The number of aliphatic carboxylic acids is 1. The van der Waals surface area contributed by atoms with Crippen LogP contribution in [0.25, 0.3) is 0 Å². The molecule has 0 heterocycles. The van der Waals surface area contributed by atoms with Crippen LogP contribution in [-0.2, 0) is 16.0 Å². The third-order valence-electron chi connectivity index (χ3n) is 2.70. The van der Waals surface area contributed by atoms with E-state index in [1.165, 1.54) is 13.0 Å². The van der Waals surface area contributed by atoms with Crippen molar-refractivity contribution in [2.24, 2.45) is 5.92 Å². The Kier molecular flexibility index (Phi) is 4.83. The van der Waals surface area contributed by atoms with Gasteiger partial charge in [0.1, 0.15) is 11.7 Å². The third kappa shape index (κ3) is 3.84. The van der Waals surface area contributed by atoms with Gasteiger partial charge < -0.3 is 10.4 Å². The average Bonchev–Trinajstić information content (AvgIpc) is 2.32. The minimum Gasteiger partial charge on any atom is -0.481 e. The van der Waals surface area contributed by atoms with Gasteiger partial charge in [-0.1, -0.05) is 12.1 Å². The number of benzene rings is 1. The first-order valence-corrected chi connectivity index (χ1v) is 5.67. The molecule has 0 aromatic heterocycles. The zero-order valence-corrected chi connectivity index (χ0v) is 10.4. The van der Waals surface area contributed by atoms with Gasteiger partial charge in [-0.05, 0) is 37.5 Å². The van der Waals surface area contributed by atoms with E-state index in [1.54, 1.807) is 19.1 Å². The summed E-state index contributed by atoms with van der Waals surface area (Å²) in [5, 5.41) is 11.2. The number of hydrogen-bond acceptors (Lipinski definition) is 2. The molecule has 18 heavy (non-hydrogen) atoms. The minimum atomic E-state index is -1.15. The summed E-state index contributed by atoms with van der Waals surface area (Å²) in [7, 11) is 0. The van der Waals surface area contributed by atoms with E-state index < -0.39 is 17.8 Å². The number of aryl methyl sites for hydroxylation is 1. The molecular formula is C13H16FNO3. The predicted octanol–water partition coefficient (Wildman–Crippen LogP) is 1.51. The van der Waals surface area contributed by atoms with Crippen molar-refractivity contribution in [1.82, 2.24) is 5.32 Å².